The number of aryl methyl sites for hydroxylation is 2. The Balaban J connectivity index is 1.28. The standard InChI is InChI=1S/C50H36N2OSi/c1-33-29-35(51-43-25-13-9-21-39(43)40-22-10-14-26-44(40)51)31-47-49(33)53-50-34(2)30-36(52-45-27-15-11-23-41(45)42-24-12-16-28-46(42)52)32-48(50)54(47,37-17-5-3-6-18-37)38-19-7-4-8-20-38/h3-32H,1-2H3. The average Bonchev–Trinajstić information content (AvgIpc) is 3.74. The summed E-state index contributed by atoms with van der Waals surface area (Å²) in [6, 6.07) is 67.1. The van der Waals surface area contributed by atoms with Gasteiger partial charge in [0.25, 0.3) is 0 Å². The number of aromatic nitrogens is 2. The van der Waals surface area contributed by atoms with Crippen molar-refractivity contribution in [1.29, 1.82) is 0 Å². The van der Waals surface area contributed by atoms with Crippen LogP contribution in [0.5, 0.6) is 11.5 Å². The summed E-state index contributed by atoms with van der Waals surface area (Å²) in [5.41, 5.74) is 9.36. The van der Waals surface area contributed by atoms with Crippen LogP contribution >= 0.6 is 0 Å². The van der Waals surface area contributed by atoms with Crippen LogP contribution in [0.15, 0.2) is 182 Å². The second-order valence-corrected chi connectivity index (χ2v) is 18.3. The molecule has 0 amide bonds. The largest absolute Gasteiger partial charge is 0.457 e. The van der Waals surface area contributed by atoms with Crippen molar-refractivity contribution in [2.24, 2.45) is 0 Å². The van der Waals surface area contributed by atoms with E-state index in [2.05, 4.69) is 205 Å². The highest BCUT2D eigenvalue weighted by atomic mass is 28.3. The first-order chi connectivity index (χ1) is 26.6. The molecule has 54 heavy (non-hydrogen) atoms. The molecule has 11 rings (SSSR count). The van der Waals surface area contributed by atoms with E-state index in [0.29, 0.717) is 0 Å². The molecule has 3 nitrogen and oxygen atoms in total. The molecule has 0 aliphatic carbocycles. The molecule has 0 bridgehead atoms. The first kappa shape index (κ1) is 31.0. The van der Waals surface area contributed by atoms with Crippen LogP contribution in [0.1, 0.15) is 11.1 Å². The van der Waals surface area contributed by atoms with Crippen molar-refractivity contribution >= 4 is 72.4 Å². The van der Waals surface area contributed by atoms with Gasteiger partial charge in [-0.25, -0.2) is 0 Å². The van der Waals surface area contributed by atoms with Crippen LogP contribution in [-0.2, 0) is 0 Å². The molecule has 1 aliphatic heterocycles. The maximum atomic E-state index is 7.25. The monoisotopic (exact) mass is 708 g/mol. The highest BCUT2D eigenvalue weighted by molar-refractivity contribution is 7.20. The van der Waals surface area contributed by atoms with E-state index < -0.39 is 8.07 Å². The molecule has 10 aromatic rings. The van der Waals surface area contributed by atoms with E-state index in [1.165, 1.54) is 64.4 Å². The lowest BCUT2D eigenvalue weighted by Crippen LogP contribution is -2.76. The third-order valence-corrected chi connectivity index (χ3v) is 16.4. The number of fused-ring (bicyclic) bond motifs is 8. The van der Waals surface area contributed by atoms with Gasteiger partial charge in [0.1, 0.15) is 11.5 Å². The van der Waals surface area contributed by atoms with Crippen molar-refractivity contribution in [3.05, 3.63) is 193 Å². The molecule has 4 heteroatoms. The summed E-state index contributed by atoms with van der Waals surface area (Å²) in [6.45, 7) is 4.44. The number of rotatable bonds is 4. The van der Waals surface area contributed by atoms with Gasteiger partial charge in [-0.05, 0) is 94.3 Å². The Kier molecular flexibility index (Phi) is 6.70. The maximum Gasteiger partial charge on any atom is 0.188 e. The van der Waals surface area contributed by atoms with Gasteiger partial charge >= 0.3 is 0 Å². The van der Waals surface area contributed by atoms with E-state index in [1.807, 2.05) is 0 Å². The number of nitrogens with zero attached hydrogens (tertiary/aromatic N) is 2. The second-order valence-electron chi connectivity index (χ2n) is 14.6. The Labute approximate surface area is 315 Å². The molecule has 0 fully saturated rings. The fourth-order valence-corrected chi connectivity index (χ4v) is 14.6. The van der Waals surface area contributed by atoms with Gasteiger partial charge in [0.15, 0.2) is 8.07 Å². The fraction of sp³-hybridized carbons (Fsp3) is 0.0400. The first-order valence-corrected chi connectivity index (χ1v) is 20.7. The van der Waals surface area contributed by atoms with E-state index in [-0.39, 0.29) is 0 Å². The Morgan fingerprint density at radius 2 is 0.685 bits per heavy atom. The van der Waals surface area contributed by atoms with Gasteiger partial charge in [-0.1, -0.05) is 133 Å². The molecule has 2 aromatic heterocycles. The SMILES string of the molecule is Cc1cc(-n2c3ccccc3c3ccccc32)cc2c1Oc1c(C)cc(-n3c4ccccc4c4ccccc43)cc1[Si]2(c1ccccc1)c1ccccc1. The molecular formula is C50H36N2OSi. The molecule has 256 valence electrons. The minimum Gasteiger partial charge on any atom is -0.457 e. The highest BCUT2D eigenvalue weighted by Gasteiger charge is 2.49. The predicted octanol–water partition coefficient (Wildman–Crippen LogP) is 9.98. The molecule has 0 radical (unpaired) electrons. The van der Waals surface area contributed by atoms with Gasteiger partial charge in [-0.3, -0.25) is 0 Å². The molecule has 0 N–H and O–H groups in total. The topological polar surface area (TPSA) is 19.1 Å². The summed E-state index contributed by atoms with van der Waals surface area (Å²) in [6.07, 6.45) is 0. The van der Waals surface area contributed by atoms with Crippen LogP contribution < -0.4 is 25.5 Å². The lowest BCUT2D eigenvalue weighted by Gasteiger charge is -2.41. The van der Waals surface area contributed by atoms with E-state index in [4.69, 9.17) is 4.74 Å². The summed E-state index contributed by atoms with van der Waals surface area (Å²) in [5.74, 6) is 1.94. The van der Waals surface area contributed by atoms with E-state index in [0.717, 1.165) is 34.0 Å². The minimum atomic E-state index is -3.05. The number of para-hydroxylation sites is 4. The second kappa shape index (κ2) is 11.7. The van der Waals surface area contributed by atoms with Gasteiger partial charge in [0, 0.05) is 32.9 Å². The van der Waals surface area contributed by atoms with Crippen molar-refractivity contribution in [2.45, 2.75) is 13.8 Å². The smallest absolute Gasteiger partial charge is 0.188 e. The zero-order chi connectivity index (χ0) is 36.0. The Hall–Kier alpha value is -6.62. The van der Waals surface area contributed by atoms with Crippen LogP contribution in [0.25, 0.3) is 55.0 Å². The lowest BCUT2D eigenvalue weighted by atomic mass is 10.1. The highest BCUT2D eigenvalue weighted by Crippen LogP contribution is 2.40. The first-order valence-electron chi connectivity index (χ1n) is 18.7. The predicted molar refractivity (Wildman–Crippen MR) is 228 cm³/mol. The van der Waals surface area contributed by atoms with Gasteiger partial charge < -0.3 is 13.9 Å². The summed E-state index contributed by atoms with van der Waals surface area (Å²) in [4.78, 5) is 0. The molecular weight excluding hydrogens is 673 g/mol. The molecule has 1 aliphatic rings. The van der Waals surface area contributed by atoms with Crippen LogP contribution in [0.4, 0.5) is 0 Å². The summed E-state index contributed by atoms with van der Waals surface area (Å²) >= 11 is 0. The van der Waals surface area contributed by atoms with E-state index in [1.54, 1.807) is 0 Å². The molecule has 0 atom stereocenters. The third-order valence-electron chi connectivity index (χ3n) is 11.6. The maximum absolute atomic E-state index is 7.25. The van der Waals surface area contributed by atoms with Gasteiger partial charge in [0.05, 0.1) is 22.1 Å². The number of hydrogen-bond donors (Lipinski definition) is 0. The normalized spacial score (nSPS) is 13.3. The minimum absolute atomic E-state index is 0.971. The van der Waals surface area contributed by atoms with Crippen LogP contribution in [0, 0.1) is 13.8 Å². The zero-order valence-corrected chi connectivity index (χ0v) is 31.1. The Bertz CT molecular complexity index is 2780. The van der Waals surface area contributed by atoms with Crippen molar-refractivity contribution in [2.75, 3.05) is 0 Å². The summed E-state index contributed by atoms with van der Waals surface area (Å²) < 4.78 is 12.1. The van der Waals surface area contributed by atoms with Crippen molar-refractivity contribution in [3.63, 3.8) is 0 Å². The van der Waals surface area contributed by atoms with Crippen LogP contribution in [0.2, 0.25) is 0 Å². The number of benzene rings is 8. The number of hydrogen-bond acceptors (Lipinski definition) is 1. The lowest BCUT2D eigenvalue weighted by molar-refractivity contribution is 0.479. The third kappa shape index (κ3) is 4.23. The average molecular weight is 709 g/mol. The molecule has 0 saturated carbocycles. The van der Waals surface area contributed by atoms with Gasteiger partial charge in [-0.2, -0.15) is 0 Å². The Morgan fingerprint density at radius 1 is 0.370 bits per heavy atom. The van der Waals surface area contributed by atoms with Gasteiger partial charge in [0.2, 0.25) is 0 Å². The quantitative estimate of drug-likeness (QED) is 0.167. The molecule has 8 aromatic carbocycles. The van der Waals surface area contributed by atoms with Crippen LogP contribution in [0.3, 0.4) is 0 Å². The molecule has 0 spiro atoms. The van der Waals surface area contributed by atoms with Crippen LogP contribution in [-0.4, -0.2) is 17.2 Å². The van der Waals surface area contributed by atoms with Crippen molar-refractivity contribution in [3.8, 4) is 22.9 Å². The van der Waals surface area contributed by atoms with E-state index in [9.17, 15) is 0 Å². The van der Waals surface area contributed by atoms with Crippen molar-refractivity contribution < 1.29 is 4.74 Å². The van der Waals surface area contributed by atoms with E-state index >= 15 is 0 Å². The van der Waals surface area contributed by atoms with Gasteiger partial charge in [-0.15, -0.1) is 0 Å². The summed E-state index contributed by atoms with van der Waals surface area (Å²) in [5, 5.41) is 10.2. The summed E-state index contributed by atoms with van der Waals surface area (Å²) in [7, 11) is -3.05. The molecule has 3 heterocycles. The number of ether oxygens (including phenoxy) is 1. The van der Waals surface area contributed by atoms with Crippen molar-refractivity contribution in [1.82, 2.24) is 9.13 Å². The molecule has 0 unspecified atom stereocenters. The molecule has 0 saturated heterocycles. The zero-order valence-electron chi connectivity index (χ0n) is 30.1. The Morgan fingerprint density at radius 3 is 1.04 bits per heavy atom. The fourth-order valence-electron chi connectivity index (χ4n) is 9.41.